The van der Waals surface area contributed by atoms with Crippen molar-refractivity contribution in [2.24, 2.45) is 5.41 Å². The Kier molecular flexibility index (Phi) is 4.89. The Balaban J connectivity index is 1.94. The molecule has 1 aliphatic heterocycles. The van der Waals surface area contributed by atoms with Crippen LogP contribution >= 0.6 is 0 Å². The largest absolute Gasteiger partial charge is 0.339 e. The maximum atomic E-state index is 12.3. The molecule has 1 aliphatic rings. The average Bonchev–Trinajstić information content (AvgIpc) is 2.54. The van der Waals surface area contributed by atoms with Gasteiger partial charge in [0.2, 0.25) is 5.91 Å². The second-order valence-corrected chi connectivity index (χ2v) is 6.62. The minimum Gasteiger partial charge on any atom is -0.339 e. The second kappa shape index (κ2) is 6.69. The zero-order valence-electron chi connectivity index (χ0n) is 13.8. The predicted octanol–water partition coefficient (Wildman–Crippen LogP) is 2.28. The van der Waals surface area contributed by atoms with Crippen molar-refractivity contribution in [2.45, 2.75) is 20.8 Å². The molecule has 1 aromatic rings. The number of para-hydroxylation sites is 1. The number of nitrogens with one attached hydrogen (secondary N) is 1. The van der Waals surface area contributed by atoms with Crippen LogP contribution in [0.15, 0.2) is 24.3 Å². The Hall–Kier alpha value is -2.55. The summed E-state index contributed by atoms with van der Waals surface area (Å²) in [5, 5.41) is 11.8. The molecule has 0 bridgehead atoms. The first kappa shape index (κ1) is 16.8. The minimum atomic E-state index is -0.407. The summed E-state index contributed by atoms with van der Waals surface area (Å²) in [4.78, 5) is 28.0. The van der Waals surface area contributed by atoms with Gasteiger partial charge in [0.05, 0.1) is 11.3 Å². The molecule has 6 nitrogen and oxygen atoms in total. The number of anilines is 1. The van der Waals surface area contributed by atoms with E-state index < -0.39 is 5.41 Å². The van der Waals surface area contributed by atoms with Crippen LogP contribution in [0.3, 0.4) is 0 Å². The van der Waals surface area contributed by atoms with Gasteiger partial charge < -0.3 is 15.1 Å². The highest BCUT2D eigenvalue weighted by Gasteiger charge is 2.30. The summed E-state index contributed by atoms with van der Waals surface area (Å²) < 4.78 is 0. The maximum Gasteiger partial charge on any atom is 0.322 e. The molecule has 0 saturated carbocycles. The Morgan fingerprint density at radius 1 is 1.09 bits per heavy atom. The van der Waals surface area contributed by atoms with E-state index in [4.69, 9.17) is 5.26 Å². The molecular weight excluding hydrogens is 292 g/mol. The second-order valence-electron chi connectivity index (χ2n) is 6.62. The lowest BCUT2D eigenvalue weighted by Gasteiger charge is -2.37. The van der Waals surface area contributed by atoms with Crippen molar-refractivity contribution in [1.82, 2.24) is 9.80 Å². The molecule has 0 spiro atoms. The number of nitriles is 1. The lowest BCUT2D eigenvalue weighted by molar-refractivity contribution is -0.140. The molecule has 0 radical (unpaired) electrons. The summed E-state index contributed by atoms with van der Waals surface area (Å²) in [6.45, 7) is 7.73. The van der Waals surface area contributed by atoms with E-state index in [2.05, 4.69) is 11.4 Å². The van der Waals surface area contributed by atoms with E-state index in [1.165, 1.54) is 0 Å². The van der Waals surface area contributed by atoms with Gasteiger partial charge in [-0.2, -0.15) is 5.26 Å². The minimum absolute atomic E-state index is 0.104. The number of nitrogens with zero attached hydrogens (tertiary/aromatic N) is 3. The van der Waals surface area contributed by atoms with Gasteiger partial charge in [-0.1, -0.05) is 32.9 Å². The van der Waals surface area contributed by atoms with E-state index in [-0.39, 0.29) is 11.9 Å². The summed E-state index contributed by atoms with van der Waals surface area (Å²) in [7, 11) is 0. The molecule has 1 aromatic carbocycles. The lowest BCUT2D eigenvalue weighted by Crippen LogP contribution is -2.53. The molecular formula is C17H22N4O2. The number of hydrogen-bond donors (Lipinski definition) is 1. The van der Waals surface area contributed by atoms with Crippen molar-refractivity contribution in [1.29, 1.82) is 5.26 Å². The fourth-order valence-corrected chi connectivity index (χ4v) is 2.47. The lowest BCUT2D eigenvalue weighted by atomic mass is 9.94. The maximum absolute atomic E-state index is 12.3. The van der Waals surface area contributed by atoms with Crippen molar-refractivity contribution in [3.63, 3.8) is 0 Å². The van der Waals surface area contributed by atoms with Crippen molar-refractivity contribution in [2.75, 3.05) is 31.5 Å². The van der Waals surface area contributed by atoms with Crippen LogP contribution in [0.5, 0.6) is 0 Å². The molecule has 0 aliphatic carbocycles. The van der Waals surface area contributed by atoms with Crippen LogP contribution in [-0.2, 0) is 4.79 Å². The smallest absolute Gasteiger partial charge is 0.322 e. The van der Waals surface area contributed by atoms with Gasteiger partial charge in [0.15, 0.2) is 0 Å². The van der Waals surface area contributed by atoms with Crippen molar-refractivity contribution >= 4 is 17.6 Å². The topological polar surface area (TPSA) is 76.4 Å². The van der Waals surface area contributed by atoms with Crippen LogP contribution in [0.1, 0.15) is 26.3 Å². The van der Waals surface area contributed by atoms with E-state index >= 15 is 0 Å². The quantitative estimate of drug-likeness (QED) is 0.864. The van der Waals surface area contributed by atoms with E-state index in [1.54, 1.807) is 34.1 Å². The molecule has 0 unspecified atom stereocenters. The molecule has 1 N–H and O–H groups in total. The standard InChI is InChI=1S/C17H22N4O2/c1-17(2,3)15(22)20-8-10-21(11-9-20)16(23)19-14-7-5-4-6-13(14)12-18/h4-7H,8-11H2,1-3H3,(H,19,23). The number of benzene rings is 1. The van der Waals surface area contributed by atoms with E-state index in [0.717, 1.165) is 0 Å². The van der Waals surface area contributed by atoms with E-state index in [9.17, 15) is 9.59 Å². The molecule has 0 atom stereocenters. The van der Waals surface area contributed by atoms with Gasteiger partial charge in [0.1, 0.15) is 6.07 Å². The zero-order chi connectivity index (χ0) is 17.0. The van der Waals surface area contributed by atoms with Gasteiger partial charge >= 0.3 is 6.03 Å². The van der Waals surface area contributed by atoms with Crippen molar-refractivity contribution < 1.29 is 9.59 Å². The normalized spacial score (nSPS) is 15.0. The molecule has 6 heteroatoms. The highest BCUT2D eigenvalue weighted by molar-refractivity contribution is 5.91. The first-order chi connectivity index (χ1) is 10.8. The van der Waals surface area contributed by atoms with Crippen molar-refractivity contribution in [3.05, 3.63) is 29.8 Å². The SMILES string of the molecule is CC(C)(C)C(=O)N1CCN(C(=O)Nc2ccccc2C#N)CC1. The number of carbonyl (C=O) groups is 2. The van der Waals surface area contributed by atoms with E-state index in [0.29, 0.717) is 37.4 Å². The van der Waals surface area contributed by atoms with Crippen LogP contribution in [0.4, 0.5) is 10.5 Å². The Bertz CT molecular complexity index is 635. The summed E-state index contributed by atoms with van der Waals surface area (Å²) in [6.07, 6.45) is 0. The van der Waals surface area contributed by atoms with Gasteiger partial charge in [0.25, 0.3) is 0 Å². The highest BCUT2D eigenvalue weighted by atomic mass is 16.2. The number of hydrogen-bond acceptors (Lipinski definition) is 3. The molecule has 1 heterocycles. The molecule has 0 aromatic heterocycles. The van der Waals surface area contributed by atoms with Crippen LogP contribution in [0.2, 0.25) is 0 Å². The average molecular weight is 314 g/mol. The third-order valence-electron chi connectivity index (χ3n) is 3.78. The number of amides is 3. The molecule has 1 fully saturated rings. The third-order valence-corrected chi connectivity index (χ3v) is 3.78. The van der Waals surface area contributed by atoms with Gasteiger partial charge in [-0.15, -0.1) is 0 Å². The van der Waals surface area contributed by atoms with Crippen LogP contribution in [0.25, 0.3) is 0 Å². The van der Waals surface area contributed by atoms with Gasteiger partial charge in [0, 0.05) is 31.6 Å². The van der Waals surface area contributed by atoms with Crippen LogP contribution < -0.4 is 5.32 Å². The molecule has 23 heavy (non-hydrogen) atoms. The zero-order valence-corrected chi connectivity index (χ0v) is 13.8. The molecule has 2 rings (SSSR count). The Labute approximate surface area is 136 Å². The van der Waals surface area contributed by atoms with Gasteiger partial charge in [-0.25, -0.2) is 4.79 Å². The predicted molar refractivity (Wildman–Crippen MR) is 87.8 cm³/mol. The number of rotatable bonds is 1. The van der Waals surface area contributed by atoms with Gasteiger partial charge in [-0.3, -0.25) is 4.79 Å². The molecule has 1 saturated heterocycles. The first-order valence-corrected chi connectivity index (χ1v) is 7.67. The Morgan fingerprint density at radius 2 is 1.65 bits per heavy atom. The van der Waals surface area contributed by atoms with E-state index in [1.807, 2.05) is 20.8 Å². The summed E-state index contributed by atoms with van der Waals surface area (Å²) in [6, 6.07) is 8.71. The monoisotopic (exact) mass is 314 g/mol. The Morgan fingerprint density at radius 3 is 2.22 bits per heavy atom. The van der Waals surface area contributed by atoms with Gasteiger partial charge in [-0.05, 0) is 12.1 Å². The fourth-order valence-electron chi connectivity index (χ4n) is 2.47. The first-order valence-electron chi connectivity index (χ1n) is 7.67. The number of piperazine rings is 1. The third kappa shape index (κ3) is 4.01. The number of urea groups is 1. The van der Waals surface area contributed by atoms with Crippen LogP contribution in [-0.4, -0.2) is 47.9 Å². The summed E-state index contributed by atoms with van der Waals surface area (Å²) >= 11 is 0. The van der Waals surface area contributed by atoms with Crippen LogP contribution in [0, 0.1) is 16.7 Å². The summed E-state index contributed by atoms with van der Waals surface area (Å²) in [5.74, 6) is 0.104. The fraction of sp³-hybridized carbons (Fsp3) is 0.471. The molecule has 3 amide bonds. The number of carbonyl (C=O) groups excluding carboxylic acids is 2. The molecule has 122 valence electrons. The van der Waals surface area contributed by atoms with Crippen molar-refractivity contribution in [3.8, 4) is 6.07 Å². The highest BCUT2D eigenvalue weighted by Crippen LogP contribution is 2.19. The summed E-state index contributed by atoms with van der Waals surface area (Å²) in [5.41, 5.74) is 0.534.